The first-order chi connectivity index (χ1) is 15.1. The maximum atomic E-state index is 12.6. The van der Waals surface area contributed by atoms with Crippen molar-refractivity contribution in [1.82, 2.24) is 5.32 Å². The molecule has 0 heterocycles. The molecule has 1 amide bonds. The van der Waals surface area contributed by atoms with E-state index < -0.39 is 24.2 Å². The first-order valence-electron chi connectivity index (χ1n) is 10.4. The molecular weight excluding hydrogens is 390 g/mol. The Morgan fingerprint density at radius 2 is 1.35 bits per heavy atom. The number of amides is 1. The van der Waals surface area contributed by atoms with Gasteiger partial charge in [-0.1, -0.05) is 91.0 Å². The lowest BCUT2D eigenvalue weighted by atomic mass is 10.0. The van der Waals surface area contributed by atoms with Crippen LogP contribution in [0.2, 0.25) is 0 Å². The zero-order chi connectivity index (χ0) is 21.9. The van der Waals surface area contributed by atoms with Crippen LogP contribution in [0.1, 0.15) is 35.6 Å². The molecule has 3 aromatic carbocycles. The molecular formula is C26H27NO4. The predicted octanol–water partition coefficient (Wildman–Crippen LogP) is 5.17. The second-order valence-electron chi connectivity index (χ2n) is 7.41. The summed E-state index contributed by atoms with van der Waals surface area (Å²) in [4.78, 5) is 24.2. The average Bonchev–Trinajstić information content (AvgIpc) is 2.80. The maximum Gasteiger partial charge on any atom is 0.408 e. The van der Waals surface area contributed by atoms with E-state index in [1.807, 2.05) is 91.0 Å². The molecule has 0 spiro atoms. The smallest absolute Gasteiger partial charge is 0.408 e. The quantitative estimate of drug-likeness (QED) is 0.477. The number of benzene rings is 3. The predicted molar refractivity (Wildman–Crippen MR) is 120 cm³/mol. The first-order valence-corrected chi connectivity index (χ1v) is 10.4. The second-order valence-corrected chi connectivity index (χ2v) is 7.41. The highest BCUT2D eigenvalue weighted by molar-refractivity contribution is 5.79. The number of alkyl carbamates (subject to hydrolysis) is 1. The standard InChI is InChI=1S/C26H27NO4/c28-25(29)23(18-10-15-20-11-4-1-5-12-20)27-26(30)31-24(22-16-8-3-9-17-22)19-21-13-6-2-7-14-21/h1-9,11-14,16-17,23-24H,10,15,18-19H2,(H,27,30)(H,28,29). The van der Waals surface area contributed by atoms with E-state index in [1.165, 1.54) is 0 Å². The van der Waals surface area contributed by atoms with Gasteiger partial charge in [0.25, 0.3) is 0 Å². The number of nitrogens with one attached hydrogen (secondary N) is 1. The number of rotatable bonds is 10. The van der Waals surface area contributed by atoms with Crippen LogP contribution in [-0.2, 0) is 22.4 Å². The van der Waals surface area contributed by atoms with Crippen molar-refractivity contribution in [2.75, 3.05) is 0 Å². The van der Waals surface area contributed by atoms with Crippen molar-refractivity contribution in [1.29, 1.82) is 0 Å². The van der Waals surface area contributed by atoms with Crippen LogP contribution in [-0.4, -0.2) is 23.2 Å². The third kappa shape index (κ3) is 7.30. The highest BCUT2D eigenvalue weighted by Gasteiger charge is 2.23. The lowest BCUT2D eigenvalue weighted by molar-refractivity contribution is -0.139. The molecule has 0 fully saturated rings. The van der Waals surface area contributed by atoms with Crippen LogP contribution in [0.15, 0.2) is 91.0 Å². The molecule has 2 N–H and O–H groups in total. The first kappa shape index (κ1) is 22.1. The SMILES string of the molecule is O=C(NC(CCCc1ccccc1)C(=O)O)OC(Cc1ccccc1)c1ccccc1. The highest BCUT2D eigenvalue weighted by atomic mass is 16.6. The normalized spacial score (nSPS) is 12.5. The molecule has 3 aromatic rings. The van der Waals surface area contributed by atoms with Gasteiger partial charge in [-0.3, -0.25) is 0 Å². The highest BCUT2D eigenvalue weighted by Crippen LogP contribution is 2.22. The molecule has 3 rings (SSSR count). The third-order valence-electron chi connectivity index (χ3n) is 5.08. The fourth-order valence-electron chi connectivity index (χ4n) is 3.44. The van der Waals surface area contributed by atoms with Gasteiger partial charge in [-0.15, -0.1) is 0 Å². The number of aliphatic carboxylic acids is 1. The van der Waals surface area contributed by atoms with Crippen LogP contribution in [0, 0.1) is 0 Å². The van der Waals surface area contributed by atoms with Crippen LogP contribution in [0.3, 0.4) is 0 Å². The Hall–Kier alpha value is -3.60. The Morgan fingerprint density at radius 3 is 1.94 bits per heavy atom. The van der Waals surface area contributed by atoms with E-state index >= 15 is 0 Å². The number of carboxylic acids is 1. The molecule has 0 radical (unpaired) electrons. The number of carbonyl (C=O) groups is 2. The number of ether oxygens (including phenoxy) is 1. The zero-order valence-corrected chi connectivity index (χ0v) is 17.3. The van der Waals surface area contributed by atoms with E-state index in [0.717, 1.165) is 23.1 Å². The molecule has 31 heavy (non-hydrogen) atoms. The molecule has 0 saturated carbocycles. The summed E-state index contributed by atoms with van der Waals surface area (Å²) >= 11 is 0. The van der Waals surface area contributed by atoms with Gasteiger partial charge in [0.1, 0.15) is 12.1 Å². The van der Waals surface area contributed by atoms with Crippen molar-refractivity contribution >= 4 is 12.1 Å². The van der Waals surface area contributed by atoms with Crippen molar-refractivity contribution in [3.05, 3.63) is 108 Å². The number of carboxylic acid groups (broad SMARTS) is 1. The summed E-state index contributed by atoms with van der Waals surface area (Å²) in [6.45, 7) is 0. The number of carbonyl (C=O) groups excluding carboxylic acids is 1. The Morgan fingerprint density at radius 1 is 0.806 bits per heavy atom. The minimum Gasteiger partial charge on any atom is -0.480 e. The minimum atomic E-state index is -1.07. The van der Waals surface area contributed by atoms with Gasteiger partial charge in [-0.05, 0) is 36.0 Å². The van der Waals surface area contributed by atoms with Gasteiger partial charge in [0.15, 0.2) is 0 Å². The summed E-state index contributed by atoms with van der Waals surface area (Å²) in [5.74, 6) is -1.07. The van der Waals surface area contributed by atoms with Gasteiger partial charge in [-0.25, -0.2) is 9.59 Å². The Kier molecular flexibility index (Phi) is 8.23. The van der Waals surface area contributed by atoms with E-state index in [2.05, 4.69) is 5.32 Å². The largest absolute Gasteiger partial charge is 0.480 e. The van der Waals surface area contributed by atoms with E-state index in [-0.39, 0.29) is 0 Å². The van der Waals surface area contributed by atoms with Crippen LogP contribution >= 0.6 is 0 Å². The molecule has 0 aliphatic rings. The van der Waals surface area contributed by atoms with E-state index in [4.69, 9.17) is 4.74 Å². The lowest BCUT2D eigenvalue weighted by Gasteiger charge is -2.21. The Labute approximate surface area is 182 Å². The molecule has 2 atom stereocenters. The van der Waals surface area contributed by atoms with E-state index in [9.17, 15) is 14.7 Å². The Bertz CT molecular complexity index is 945. The van der Waals surface area contributed by atoms with E-state index in [0.29, 0.717) is 19.3 Å². The molecule has 5 heteroatoms. The van der Waals surface area contributed by atoms with E-state index in [1.54, 1.807) is 0 Å². The summed E-state index contributed by atoms with van der Waals surface area (Å²) in [5.41, 5.74) is 3.03. The van der Waals surface area contributed by atoms with Crippen LogP contribution in [0.5, 0.6) is 0 Å². The van der Waals surface area contributed by atoms with Crippen LogP contribution in [0.25, 0.3) is 0 Å². The monoisotopic (exact) mass is 417 g/mol. The molecule has 0 saturated heterocycles. The van der Waals surface area contributed by atoms with Gasteiger partial charge < -0.3 is 15.2 Å². The fourth-order valence-corrected chi connectivity index (χ4v) is 3.44. The third-order valence-corrected chi connectivity index (χ3v) is 5.08. The molecule has 2 unspecified atom stereocenters. The summed E-state index contributed by atoms with van der Waals surface area (Å²) in [7, 11) is 0. The van der Waals surface area contributed by atoms with Gasteiger partial charge in [0, 0.05) is 6.42 Å². The maximum absolute atomic E-state index is 12.6. The summed E-state index contributed by atoms with van der Waals surface area (Å²) in [6.07, 6.45) is 0.993. The summed E-state index contributed by atoms with van der Waals surface area (Å²) < 4.78 is 5.67. The minimum absolute atomic E-state index is 0.327. The summed E-state index contributed by atoms with van der Waals surface area (Å²) in [5, 5.41) is 12.1. The number of hydrogen-bond donors (Lipinski definition) is 2. The van der Waals surface area contributed by atoms with Crippen LogP contribution in [0.4, 0.5) is 4.79 Å². The summed E-state index contributed by atoms with van der Waals surface area (Å²) in [6, 6.07) is 28.1. The van der Waals surface area contributed by atoms with Crippen LogP contribution < -0.4 is 5.32 Å². The van der Waals surface area contributed by atoms with Gasteiger partial charge in [0.2, 0.25) is 0 Å². The van der Waals surface area contributed by atoms with Crippen molar-refractivity contribution in [3.8, 4) is 0 Å². The molecule has 0 aliphatic carbocycles. The van der Waals surface area contributed by atoms with Crippen molar-refractivity contribution in [2.24, 2.45) is 0 Å². The Balaban J connectivity index is 1.60. The molecule has 160 valence electrons. The van der Waals surface area contributed by atoms with Gasteiger partial charge in [0.05, 0.1) is 0 Å². The lowest BCUT2D eigenvalue weighted by Crippen LogP contribution is -2.41. The van der Waals surface area contributed by atoms with Gasteiger partial charge in [-0.2, -0.15) is 0 Å². The zero-order valence-electron chi connectivity index (χ0n) is 17.3. The topological polar surface area (TPSA) is 75.6 Å². The number of aryl methyl sites for hydroxylation is 1. The number of hydrogen-bond acceptors (Lipinski definition) is 3. The molecule has 0 aromatic heterocycles. The fraction of sp³-hybridized carbons (Fsp3) is 0.231. The van der Waals surface area contributed by atoms with Gasteiger partial charge >= 0.3 is 12.1 Å². The van der Waals surface area contributed by atoms with Crippen molar-refractivity contribution in [2.45, 2.75) is 37.8 Å². The average molecular weight is 418 g/mol. The molecule has 0 bridgehead atoms. The second kappa shape index (κ2) is 11.6. The van der Waals surface area contributed by atoms with Crippen molar-refractivity contribution in [3.63, 3.8) is 0 Å². The molecule has 0 aliphatic heterocycles. The molecule has 5 nitrogen and oxygen atoms in total. The van der Waals surface area contributed by atoms with Crippen molar-refractivity contribution < 1.29 is 19.4 Å².